The van der Waals surface area contributed by atoms with Gasteiger partial charge in [0.2, 0.25) is 0 Å². The van der Waals surface area contributed by atoms with Crippen molar-refractivity contribution in [2.75, 3.05) is 44.8 Å². The van der Waals surface area contributed by atoms with Gasteiger partial charge in [-0.3, -0.25) is 19.4 Å². The number of halogens is 5. The lowest BCUT2D eigenvalue weighted by Gasteiger charge is -2.38. The van der Waals surface area contributed by atoms with E-state index in [0.29, 0.717) is 12.1 Å². The van der Waals surface area contributed by atoms with Crippen LogP contribution in [0, 0.1) is 18.6 Å². The van der Waals surface area contributed by atoms with Crippen LogP contribution in [0.4, 0.5) is 27.6 Å². The molecule has 6 rings (SSSR count). The number of aromatic nitrogens is 2. The highest BCUT2D eigenvalue weighted by Crippen LogP contribution is 2.33. The Morgan fingerprint density at radius 1 is 1.04 bits per heavy atom. The van der Waals surface area contributed by atoms with Crippen LogP contribution in [-0.4, -0.2) is 83.5 Å². The maximum Gasteiger partial charge on any atom is 0.411 e. The van der Waals surface area contributed by atoms with Gasteiger partial charge in [-0.05, 0) is 49.4 Å². The number of aliphatic carboxylic acids is 1. The van der Waals surface area contributed by atoms with Crippen LogP contribution in [0.5, 0.6) is 0 Å². The zero-order valence-electron chi connectivity index (χ0n) is 28.9. The minimum atomic E-state index is -4.68. The Hall–Kier alpha value is -4.89. The summed E-state index contributed by atoms with van der Waals surface area (Å²) in [7, 11) is 4.01. The molecular formula is C36H40F5N5O5. The number of hydrogen-bond donors (Lipinski definition) is 2. The van der Waals surface area contributed by atoms with E-state index in [4.69, 9.17) is 9.84 Å². The monoisotopic (exact) mass is 717 g/mol. The minimum absolute atomic E-state index is 0.0589. The number of carboxylic acids is 1. The summed E-state index contributed by atoms with van der Waals surface area (Å²) in [5.41, 5.74) is 4.75. The van der Waals surface area contributed by atoms with Gasteiger partial charge >= 0.3 is 12.1 Å². The first-order valence-corrected chi connectivity index (χ1v) is 16.3. The highest BCUT2D eigenvalue weighted by Gasteiger charge is 2.45. The summed E-state index contributed by atoms with van der Waals surface area (Å²) in [6.45, 7) is 6.10. The number of carboxylic acid groups (broad SMARTS) is 1. The normalized spacial score (nSPS) is 16.0. The molecule has 2 aliphatic rings. The summed E-state index contributed by atoms with van der Waals surface area (Å²) >= 11 is 0. The van der Waals surface area contributed by atoms with Crippen molar-refractivity contribution < 1.29 is 41.4 Å². The number of alkyl halides is 3. The van der Waals surface area contributed by atoms with Crippen molar-refractivity contribution in [3.63, 3.8) is 0 Å². The van der Waals surface area contributed by atoms with Crippen LogP contribution in [-0.2, 0) is 29.5 Å². The van der Waals surface area contributed by atoms with E-state index in [9.17, 15) is 36.3 Å². The van der Waals surface area contributed by atoms with Crippen LogP contribution in [0.3, 0.4) is 0 Å². The number of anilines is 1. The van der Waals surface area contributed by atoms with Gasteiger partial charge in [-0.15, -0.1) is 0 Å². The third-order valence-corrected chi connectivity index (χ3v) is 8.57. The molecule has 15 heteroatoms. The van der Waals surface area contributed by atoms with Crippen LogP contribution in [0.25, 0.3) is 22.0 Å². The SMILES string of the molecule is CC.Cc1ccc(-c2cc3c(n(C)c2=O)CCN(C)C3)c2ncccc12.O=C(O)CNC(=O)c1c(F)cc(N2CCOCC2C(F)(F)F)cc1F. The van der Waals surface area contributed by atoms with E-state index in [1.165, 1.54) is 11.1 Å². The van der Waals surface area contributed by atoms with Crippen molar-refractivity contribution in [3.8, 4) is 11.1 Å². The number of nitrogens with one attached hydrogen (secondary N) is 1. The first-order valence-electron chi connectivity index (χ1n) is 16.3. The van der Waals surface area contributed by atoms with Gasteiger partial charge in [-0.25, -0.2) is 8.78 Å². The first kappa shape index (κ1) is 38.9. The zero-order valence-corrected chi connectivity index (χ0v) is 28.9. The number of aryl methyl sites for hydroxylation is 1. The fourth-order valence-electron chi connectivity index (χ4n) is 6.07. The molecule has 2 aromatic heterocycles. The average Bonchev–Trinajstić information content (AvgIpc) is 3.10. The number of benzene rings is 2. The molecule has 0 saturated carbocycles. The summed E-state index contributed by atoms with van der Waals surface area (Å²) in [6.07, 6.45) is -1.96. The second-order valence-corrected chi connectivity index (χ2v) is 11.9. The van der Waals surface area contributed by atoms with E-state index in [-0.39, 0.29) is 18.7 Å². The van der Waals surface area contributed by atoms with E-state index in [0.717, 1.165) is 52.1 Å². The molecule has 4 heterocycles. The van der Waals surface area contributed by atoms with Crippen molar-refractivity contribution in [3.05, 3.63) is 93.0 Å². The number of fused-ring (bicyclic) bond motifs is 2. The van der Waals surface area contributed by atoms with Gasteiger partial charge in [-0.1, -0.05) is 32.0 Å². The van der Waals surface area contributed by atoms with Crippen molar-refractivity contribution in [2.45, 2.75) is 46.0 Å². The molecule has 0 radical (unpaired) electrons. The Morgan fingerprint density at radius 2 is 1.73 bits per heavy atom. The summed E-state index contributed by atoms with van der Waals surface area (Å²) in [5, 5.41) is 11.3. The van der Waals surface area contributed by atoms with Gasteiger partial charge in [0, 0.05) is 67.2 Å². The third kappa shape index (κ3) is 8.71. The van der Waals surface area contributed by atoms with Crippen molar-refractivity contribution in [2.24, 2.45) is 7.05 Å². The molecule has 1 unspecified atom stereocenters. The lowest BCUT2D eigenvalue weighted by molar-refractivity contribution is -0.167. The molecule has 2 N–H and O–H groups in total. The third-order valence-electron chi connectivity index (χ3n) is 8.57. The molecule has 1 saturated heterocycles. The van der Waals surface area contributed by atoms with Gasteiger partial charge in [0.1, 0.15) is 29.8 Å². The quantitative estimate of drug-likeness (QED) is 0.261. The van der Waals surface area contributed by atoms with Crippen molar-refractivity contribution >= 4 is 28.5 Å². The lowest BCUT2D eigenvalue weighted by Crippen LogP contribution is -2.53. The highest BCUT2D eigenvalue weighted by atomic mass is 19.4. The van der Waals surface area contributed by atoms with Gasteiger partial charge in [0.25, 0.3) is 11.5 Å². The number of pyridine rings is 2. The molecule has 274 valence electrons. The Bertz CT molecular complexity index is 1940. The van der Waals surface area contributed by atoms with E-state index in [2.05, 4.69) is 42.1 Å². The lowest BCUT2D eigenvalue weighted by atomic mass is 9.96. The van der Waals surface area contributed by atoms with E-state index < -0.39 is 60.1 Å². The molecule has 10 nitrogen and oxygen atoms in total. The number of carbonyl (C=O) groups excluding carboxylic acids is 1. The van der Waals surface area contributed by atoms with E-state index >= 15 is 0 Å². The predicted molar refractivity (Wildman–Crippen MR) is 183 cm³/mol. The molecule has 0 bridgehead atoms. The summed E-state index contributed by atoms with van der Waals surface area (Å²) in [6, 6.07) is 9.31. The summed E-state index contributed by atoms with van der Waals surface area (Å²) < 4.78 is 73.8. The molecule has 2 aliphatic heterocycles. The van der Waals surface area contributed by atoms with Crippen molar-refractivity contribution in [1.29, 1.82) is 0 Å². The Morgan fingerprint density at radius 3 is 2.37 bits per heavy atom. The second kappa shape index (κ2) is 16.4. The Labute approximate surface area is 291 Å². The molecule has 4 aromatic rings. The molecular weight excluding hydrogens is 677 g/mol. The molecule has 0 spiro atoms. The Balaban J connectivity index is 0.000000218. The zero-order chi connectivity index (χ0) is 37.6. The first-order chi connectivity index (χ1) is 24.2. The molecule has 1 atom stereocenters. The fraction of sp³-hybridized carbons (Fsp3) is 0.389. The van der Waals surface area contributed by atoms with Crippen LogP contribution >= 0.6 is 0 Å². The van der Waals surface area contributed by atoms with Gasteiger partial charge in [0.05, 0.1) is 18.7 Å². The maximum atomic E-state index is 14.1. The second-order valence-electron chi connectivity index (χ2n) is 11.9. The predicted octanol–water partition coefficient (Wildman–Crippen LogP) is 5.47. The highest BCUT2D eigenvalue weighted by molar-refractivity contribution is 5.97. The van der Waals surface area contributed by atoms with Gasteiger partial charge < -0.3 is 29.5 Å². The van der Waals surface area contributed by atoms with Crippen LogP contribution in [0.1, 0.15) is 41.0 Å². The standard InChI is InChI=1S/C20H21N3O.C14H13F5N2O4.C2H6/c1-13-6-7-16(19-15(13)5-4-9-21-19)17-11-14-12-22(2)10-8-18(14)23(3)20(17)24;15-8-3-7(21-1-2-25-6-10(21)14(17,18)19)4-9(16)12(8)13(24)20-5-11(22)23;1-2/h4-7,9,11H,8,10,12H2,1-3H3;3-4,10H,1-2,5-6H2,(H,20,24)(H,22,23);1-2H3. The van der Waals surface area contributed by atoms with Crippen LogP contribution in [0.15, 0.2) is 53.5 Å². The number of ether oxygens (including phenoxy) is 1. The average molecular weight is 718 g/mol. The summed E-state index contributed by atoms with van der Waals surface area (Å²) in [5.74, 6) is -5.54. The molecule has 1 fully saturated rings. The van der Waals surface area contributed by atoms with Crippen LogP contribution in [0.2, 0.25) is 0 Å². The number of amides is 1. The molecule has 2 aromatic carbocycles. The smallest absolute Gasteiger partial charge is 0.411 e. The van der Waals surface area contributed by atoms with Crippen LogP contribution < -0.4 is 15.8 Å². The van der Waals surface area contributed by atoms with Gasteiger partial charge in [-0.2, -0.15) is 13.2 Å². The topological polar surface area (TPSA) is 117 Å². The minimum Gasteiger partial charge on any atom is -0.480 e. The van der Waals surface area contributed by atoms with Crippen molar-refractivity contribution in [1.82, 2.24) is 19.8 Å². The number of hydrogen-bond acceptors (Lipinski definition) is 7. The number of nitrogens with zero attached hydrogens (tertiary/aromatic N) is 4. The summed E-state index contributed by atoms with van der Waals surface area (Å²) in [4.78, 5) is 42.6. The number of carbonyl (C=O) groups is 2. The van der Waals surface area contributed by atoms with E-state index in [1.54, 1.807) is 11.5 Å². The van der Waals surface area contributed by atoms with E-state index in [1.807, 2.05) is 37.6 Å². The maximum absolute atomic E-state index is 14.1. The largest absolute Gasteiger partial charge is 0.480 e. The molecule has 1 amide bonds. The number of rotatable bonds is 5. The number of morpholine rings is 1. The van der Waals surface area contributed by atoms with Gasteiger partial charge in [0.15, 0.2) is 0 Å². The Kier molecular flexibility index (Phi) is 12.5. The fourth-order valence-corrected chi connectivity index (χ4v) is 6.07. The number of likely N-dealkylation sites (N-methyl/N-ethyl adjacent to an activating group) is 1. The molecule has 0 aliphatic carbocycles. The molecule has 51 heavy (non-hydrogen) atoms.